The van der Waals surface area contributed by atoms with Gasteiger partial charge in [0.1, 0.15) is 23.3 Å². The minimum Gasteiger partial charge on any atom is -0.383 e. The number of nitrogens with zero attached hydrogens (tertiary/aromatic N) is 2. The van der Waals surface area contributed by atoms with Crippen molar-refractivity contribution in [2.75, 3.05) is 5.73 Å². The van der Waals surface area contributed by atoms with Gasteiger partial charge in [0.25, 0.3) is 0 Å². The SMILES string of the molecule is CCC1CCc2nc(N)c(C#N)c(-c3ccc(F)cc3)c2C1. The fourth-order valence-electron chi connectivity index (χ4n) is 3.25. The molecule has 2 N–H and O–H groups in total. The predicted molar refractivity (Wildman–Crippen MR) is 84.6 cm³/mol. The molecule has 0 aliphatic heterocycles. The third kappa shape index (κ3) is 2.43. The summed E-state index contributed by atoms with van der Waals surface area (Å²) in [5.74, 6) is 0.587. The van der Waals surface area contributed by atoms with Crippen molar-refractivity contribution in [1.82, 2.24) is 4.98 Å². The molecule has 112 valence electrons. The van der Waals surface area contributed by atoms with Crippen molar-refractivity contribution >= 4 is 5.82 Å². The van der Waals surface area contributed by atoms with Gasteiger partial charge in [0.15, 0.2) is 0 Å². The molecule has 3 nitrogen and oxygen atoms in total. The van der Waals surface area contributed by atoms with Crippen molar-refractivity contribution in [1.29, 1.82) is 5.26 Å². The number of aromatic nitrogens is 1. The zero-order valence-electron chi connectivity index (χ0n) is 12.6. The number of nitrogens with two attached hydrogens (primary N) is 1. The Morgan fingerprint density at radius 3 is 2.73 bits per heavy atom. The number of pyridine rings is 1. The smallest absolute Gasteiger partial charge is 0.142 e. The van der Waals surface area contributed by atoms with E-state index < -0.39 is 0 Å². The van der Waals surface area contributed by atoms with Crippen molar-refractivity contribution in [3.05, 3.63) is 46.9 Å². The van der Waals surface area contributed by atoms with E-state index in [1.54, 1.807) is 12.1 Å². The zero-order chi connectivity index (χ0) is 15.7. The second kappa shape index (κ2) is 5.76. The van der Waals surface area contributed by atoms with Gasteiger partial charge in [-0.15, -0.1) is 0 Å². The molecule has 1 aliphatic rings. The lowest BCUT2D eigenvalue weighted by molar-refractivity contribution is 0.440. The van der Waals surface area contributed by atoms with Gasteiger partial charge >= 0.3 is 0 Å². The van der Waals surface area contributed by atoms with Crippen molar-refractivity contribution in [3.8, 4) is 17.2 Å². The quantitative estimate of drug-likeness (QED) is 0.915. The van der Waals surface area contributed by atoms with Crippen LogP contribution in [0.3, 0.4) is 0 Å². The summed E-state index contributed by atoms with van der Waals surface area (Å²) < 4.78 is 13.2. The molecular weight excluding hydrogens is 277 g/mol. The molecular formula is C18H18FN3. The molecule has 0 fully saturated rings. The fraction of sp³-hybridized carbons (Fsp3) is 0.333. The number of nitriles is 1. The molecule has 0 radical (unpaired) electrons. The molecule has 2 aromatic rings. The van der Waals surface area contributed by atoms with E-state index in [2.05, 4.69) is 18.0 Å². The number of nitrogen functional groups attached to an aromatic ring is 1. The van der Waals surface area contributed by atoms with Crippen LogP contribution >= 0.6 is 0 Å². The molecule has 22 heavy (non-hydrogen) atoms. The van der Waals surface area contributed by atoms with E-state index in [4.69, 9.17) is 5.73 Å². The molecule has 0 amide bonds. The van der Waals surface area contributed by atoms with Gasteiger partial charge in [-0.3, -0.25) is 0 Å². The van der Waals surface area contributed by atoms with Gasteiger partial charge in [0.2, 0.25) is 0 Å². The van der Waals surface area contributed by atoms with Gasteiger partial charge in [-0.1, -0.05) is 25.5 Å². The molecule has 1 unspecified atom stereocenters. The molecule has 0 saturated heterocycles. The number of aryl methyl sites for hydroxylation is 1. The summed E-state index contributed by atoms with van der Waals surface area (Å²) in [4.78, 5) is 4.44. The van der Waals surface area contributed by atoms with Gasteiger partial charge in [-0.2, -0.15) is 5.26 Å². The average molecular weight is 295 g/mol. The summed E-state index contributed by atoms with van der Waals surface area (Å²) in [5.41, 5.74) is 10.2. The van der Waals surface area contributed by atoms with E-state index in [1.165, 1.54) is 12.1 Å². The third-order valence-corrected chi connectivity index (χ3v) is 4.52. The Bertz CT molecular complexity index is 744. The number of benzene rings is 1. The Kier molecular flexibility index (Phi) is 3.81. The van der Waals surface area contributed by atoms with Crippen LogP contribution in [0.15, 0.2) is 24.3 Å². The van der Waals surface area contributed by atoms with Crippen LogP contribution in [-0.4, -0.2) is 4.98 Å². The third-order valence-electron chi connectivity index (χ3n) is 4.52. The normalized spacial score (nSPS) is 16.9. The minimum atomic E-state index is -0.287. The van der Waals surface area contributed by atoms with E-state index in [-0.39, 0.29) is 11.6 Å². The first kappa shape index (κ1) is 14.5. The summed E-state index contributed by atoms with van der Waals surface area (Å²) in [6.07, 6.45) is 4.00. The summed E-state index contributed by atoms with van der Waals surface area (Å²) in [5, 5.41) is 9.50. The van der Waals surface area contributed by atoms with Crippen LogP contribution in [0.25, 0.3) is 11.1 Å². The number of rotatable bonds is 2. The fourth-order valence-corrected chi connectivity index (χ4v) is 3.25. The van der Waals surface area contributed by atoms with Crippen molar-refractivity contribution < 1.29 is 4.39 Å². The van der Waals surface area contributed by atoms with Crippen molar-refractivity contribution in [2.24, 2.45) is 5.92 Å². The van der Waals surface area contributed by atoms with Crippen LogP contribution in [0.2, 0.25) is 0 Å². The monoisotopic (exact) mass is 295 g/mol. The van der Waals surface area contributed by atoms with Crippen LogP contribution in [0.1, 0.15) is 36.6 Å². The summed E-state index contributed by atoms with van der Waals surface area (Å²) in [6.45, 7) is 2.18. The lowest BCUT2D eigenvalue weighted by atomic mass is 9.80. The van der Waals surface area contributed by atoms with Crippen molar-refractivity contribution in [2.45, 2.75) is 32.6 Å². The highest BCUT2D eigenvalue weighted by Crippen LogP contribution is 2.37. The molecule has 0 bridgehead atoms. The lowest BCUT2D eigenvalue weighted by Crippen LogP contribution is -2.18. The Hall–Kier alpha value is -2.41. The zero-order valence-corrected chi connectivity index (χ0v) is 12.6. The van der Waals surface area contributed by atoms with Crippen LogP contribution in [-0.2, 0) is 12.8 Å². The molecule has 1 heterocycles. The standard InChI is InChI=1S/C18H18FN3/c1-2-11-3-8-16-14(9-11)17(15(10-20)18(21)22-16)12-4-6-13(19)7-5-12/h4-7,11H,2-3,8-9H2,1H3,(H2,21,22). The molecule has 1 aromatic heterocycles. The molecule has 4 heteroatoms. The van der Waals surface area contributed by atoms with Crippen LogP contribution in [0.5, 0.6) is 0 Å². The summed E-state index contributed by atoms with van der Waals surface area (Å²) in [6, 6.07) is 8.43. The maximum absolute atomic E-state index is 13.2. The highest BCUT2D eigenvalue weighted by molar-refractivity contribution is 5.79. The largest absolute Gasteiger partial charge is 0.383 e. The first-order valence-corrected chi connectivity index (χ1v) is 7.61. The summed E-state index contributed by atoms with van der Waals surface area (Å²) in [7, 11) is 0. The number of hydrogen-bond donors (Lipinski definition) is 1. The molecule has 1 aliphatic carbocycles. The molecule has 3 rings (SSSR count). The molecule has 0 spiro atoms. The van der Waals surface area contributed by atoms with E-state index in [0.717, 1.165) is 48.1 Å². The topological polar surface area (TPSA) is 62.7 Å². The number of fused-ring (bicyclic) bond motifs is 1. The van der Waals surface area contributed by atoms with Crippen LogP contribution in [0, 0.1) is 23.1 Å². The maximum atomic E-state index is 13.2. The number of halogens is 1. The first-order chi connectivity index (χ1) is 10.6. The van der Waals surface area contributed by atoms with E-state index >= 15 is 0 Å². The lowest BCUT2D eigenvalue weighted by Gasteiger charge is -2.26. The van der Waals surface area contributed by atoms with Gasteiger partial charge in [-0.05, 0) is 48.4 Å². The van der Waals surface area contributed by atoms with Gasteiger partial charge in [-0.25, -0.2) is 9.37 Å². The highest BCUT2D eigenvalue weighted by atomic mass is 19.1. The second-order valence-electron chi connectivity index (χ2n) is 5.81. The molecule has 1 aromatic carbocycles. The first-order valence-electron chi connectivity index (χ1n) is 7.61. The van der Waals surface area contributed by atoms with E-state index in [9.17, 15) is 9.65 Å². The average Bonchev–Trinajstić information content (AvgIpc) is 2.54. The predicted octanol–water partition coefficient (Wildman–Crippen LogP) is 3.86. The van der Waals surface area contributed by atoms with Crippen LogP contribution in [0.4, 0.5) is 10.2 Å². The second-order valence-corrected chi connectivity index (χ2v) is 5.81. The van der Waals surface area contributed by atoms with Crippen molar-refractivity contribution in [3.63, 3.8) is 0 Å². The Morgan fingerprint density at radius 1 is 1.36 bits per heavy atom. The van der Waals surface area contributed by atoms with Crippen LogP contribution < -0.4 is 5.73 Å². The Balaban J connectivity index is 2.24. The highest BCUT2D eigenvalue weighted by Gasteiger charge is 2.25. The molecule has 1 atom stereocenters. The number of anilines is 1. The minimum absolute atomic E-state index is 0.274. The van der Waals surface area contributed by atoms with E-state index in [0.29, 0.717) is 11.5 Å². The summed E-state index contributed by atoms with van der Waals surface area (Å²) >= 11 is 0. The maximum Gasteiger partial charge on any atom is 0.142 e. The number of hydrogen-bond acceptors (Lipinski definition) is 3. The Morgan fingerprint density at radius 2 is 2.09 bits per heavy atom. The Labute approximate surface area is 129 Å². The molecule has 0 saturated carbocycles. The van der Waals surface area contributed by atoms with Gasteiger partial charge in [0, 0.05) is 11.3 Å². The van der Waals surface area contributed by atoms with Gasteiger partial charge in [0.05, 0.1) is 0 Å². The van der Waals surface area contributed by atoms with E-state index in [1.807, 2.05) is 0 Å². The van der Waals surface area contributed by atoms with Gasteiger partial charge < -0.3 is 5.73 Å².